The Hall–Kier alpha value is -2.21. The Morgan fingerprint density at radius 3 is 2.22 bits per heavy atom. The van der Waals surface area contributed by atoms with E-state index in [0.29, 0.717) is 12.3 Å². The Bertz CT molecular complexity index is 856. The molecule has 2 heterocycles. The van der Waals surface area contributed by atoms with Crippen LogP contribution in [0.4, 0.5) is 0 Å². The van der Waals surface area contributed by atoms with Gasteiger partial charge in [0.2, 0.25) is 0 Å². The van der Waals surface area contributed by atoms with Gasteiger partial charge < -0.3 is 29.0 Å². The first-order chi connectivity index (χ1) is 15.1. The van der Waals surface area contributed by atoms with Crippen LogP contribution in [0.5, 0.6) is 17.2 Å². The predicted octanol–water partition coefficient (Wildman–Crippen LogP) is 2.56. The lowest BCUT2D eigenvalue weighted by molar-refractivity contribution is 0.169. The second-order valence-corrected chi connectivity index (χ2v) is 7.43. The third-order valence-electron chi connectivity index (χ3n) is 5.42. The summed E-state index contributed by atoms with van der Waals surface area (Å²) in [5, 5.41) is 7.57. The molecule has 0 radical (unpaired) electrons. The first-order valence-corrected chi connectivity index (χ1v) is 10.5. The van der Waals surface area contributed by atoms with Crippen LogP contribution in [0, 0.1) is 6.92 Å². The standard InChI is InChI=1S/C22H33N5O4.HI/c1-16-12-17(25-31-16)15-26-8-10-27(11-9-26)22(23-2)24-7-6-19-20(29-4)13-18(28-3)14-21(19)30-5;/h12-14H,6-11,15H2,1-5H3,(H,23,24);1H. The van der Waals surface area contributed by atoms with Gasteiger partial charge in [0.1, 0.15) is 23.0 Å². The van der Waals surface area contributed by atoms with E-state index < -0.39 is 0 Å². The van der Waals surface area contributed by atoms with Crippen LogP contribution in [0.2, 0.25) is 0 Å². The summed E-state index contributed by atoms with van der Waals surface area (Å²) in [6.07, 6.45) is 0.737. The maximum absolute atomic E-state index is 5.55. The lowest BCUT2D eigenvalue weighted by atomic mass is 10.1. The highest BCUT2D eigenvalue weighted by molar-refractivity contribution is 14.0. The zero-order chi connectivity index (χ0) is 22.2. The molecule has 1 aliphatic rings. The number of benzene rings is 1. The molecule has 0 unspecified atom stereocenters. The maximum Gasteiger partial charge on any atom is 0.193 e. The van der Waals surface area contributed by atoms with E-state index in [9.17, 15) is 0 Å². The number of nitrogens with zero attached hydrogens (tertiary/aromatic N) is 4. The SMILES string of the molecule is CN=C(NCCc1c(OC)cc(OC)cc1OC)N1CCN(Cc2cc(C)on2)CC1.I. The zero-order valence-corrected chi connectivity index (χ0v) is 21.8. The number of guanidine groups is 1. The van der Waals surface area contributed by atoms with Crippen molar-refractivity contribution >= 4 is 29.9 Å². The Morgan fingerprint density at radius 1 is 1.06 bits per heavy atom. The number of hydrogen-bond donors (Lipinski definition) is 1. The van der Waals surface area contributed by atoms with Gasteiger partial charge >= 0.3 is 0 Å². The van der Waals surface area contributed by atoms with E-state index in [-0.39, 0.29) is 24.0 Å². The van der Waals surface area contributed by atoms with Gasteiger partial charge in [-0.15, -0.1) is 24.0 Å². The van der Waals surface area contributed by atoms with Gasteiger partial charge in [0.05, 0.1) is 27.0 Å². The maximum atomic E-state index is 5.55. The topological polar surface area (TPSA) is 84.6 Å². The molecule has 1 aliphatic heterocycles. The minimum atomic E-state index is 0. The molecule has 0 saturated carbocycles. The number of methoxy groups -OCH3 is 3. The number of ether oxygens (including phenoxy) is 3. The number of piperazine rings is 1. The molecule has 9 nitrogen and oxygen atoms in total. The first kappa shape index (κ1) is 26.0. The second-order valence-electron chi connectivity index (χ2n) is 7.43. The van der Waals surface area contributed by atoms with Gasteiger partial charge in [0.15, 0.2) is 5.96 Å². The highest BCUT2D eigenvalue weighted by Gasteiger charge is 2.21. The number of rotatable bonds is 8. The molecular formula is C22H34IN5O4. The third kappa shape index (κ3) is 6.64. The van der Waals surface area contributed by atoms with Crippen LogP contribution < -0.4 is 19.5 Å². The van der Waals surface area contributed by atoms with Gasteiger partial charge in [0, 0.05) is 70.1 Å². The van der Waals surface area contributed by atoms with E-state index >= 15 is 0 Å². The average Bonchev–Trinajstić information content (AvgIpc) is 3.21. The van der Waals surface area contributed by atoms with Crippen LogP contribution in [0.1, 0.15) is 17.0 Å². The fraction of sp³-hybridized carbons (Fsp3) is 0.545. The molecule has 3 rings (SSSR count). The van der Waals surface area contributed by atoms with E-state index in [1.807, 2.05) is 32.2 Å². The zero-order valence-electron chi connectivity index (χ0n) is 19.5. The lowest BCUT2D eigenvalue weighted by Gasteiger charge is -2.36. The van der Waals surface area contributed by atoms with Crippen molar-refractivity contribution in [1.29, 1.82) is 0 Å². The van der Waals surface area contributed by atoms with Crippen molar-refractivity contribution in [2.75, 3.05) is 61.1 Å². The van der Waals surface area contributed by atoms with E-state index in [1.54, 1.807) is 21.3 Å². The fourth-order valence-corrected chi connectivity index (χ4v) is 3.80. The normalized spacial score (nSPS) is 14.7. The van der Waals surface area contributed by atoms with E-state index in [0.717, 1.165) is 73.6 Å². The third-order valence-corrected chi connectivity index (χ3v) is 5.42. The molecular weight excluding hydrogens is 525 g/mol. The monoisotopic (exact) mass is 559 g/mol. The number of halogens is 1. The fourth-order valence-electron chi connectivity index (χ4n) is 3.80. The summed E-state index contributed by atoms with van der Waals surface area (Å²) in [5.41, 5.74) is 1.98. The summed E-state index contributed by atoms with van der Waals surface area (Å²) in [6.45, 7) is 7.16. The van der Waals surface area contributed by atoms with Gasteiger partial charge in [-0.3, -0.25) is 9.89 Å². The summed E-state index contributed by atoms with van der Waals surface area (Å²) in [6, 6.07) is 5.75. The average molecular weight is 559 g/mol. The molecule has 0 spiro atoms. The Morgan fingerprint density at radius 2 is 1.72 bits per heavy atom. The van der Waals surface area contributed by atoms with Crippen molar-refractivity contribution in [3.63, 3.8) is 0 Å². The molecule has 0 atom stereocenters. The Balaban J connectivity index is 0.00000363. The van der Waals surface area contributed by atoms with Gasteiger partial charge in [-0.1, -0.05) is 5.16 Å². The predicted molar refractivity (Wildman–Crippen MR) is 135 cm³/mol. The second kappa shape index (κ2) is 12.7. The summed E-state index contributed by atoms with van der Waals surface area (Å²) < 4.78 is 21.6. The quantitative estimate of drug-likeness (QED) is 0.300. The molecule has 1 saturated heterocycles. The Labute approximate surface area is 207 Å². The van der Waals surface area contributed by atoms with Crippen LogP contribution in [-0.2, 0) is 13.0 Å². The minimum Gasteiger partial charge on any atom is -0.496 e. The summed E-state index contributed by atoms with van der Waals surface area (Å²) in [7, 11) is 6.77. The van der Waals surface area contributed by atoms with E-state index in [2.05, 4.69) is 25.3 Å². The van der Waals surface area contributed by atoms with Gasteiger partial charge in [-0.25, -0.2) is 0 Å². The molecule has 1 aromatic carbocycles. The molecule has 0 amide bonds. The first-order valence-electron chi connectivity index (χ1n) is 10.5. The Kier molecular flexibility index (Phi) is 10.4. The smallest absolute Gasteiger partial charge is 0.193 e. The molecule has 0 aliphatic carbocycles. The van der Waals surface area contributed by atoms with Crippen molar-refractivity contribution in [2.24, 2.45) is 4.99 Å². The molecule has 178 valence electrons. The number of aryl methyl sites for hydroxylation is 1. The van der Waals surface area contributed by atoms with Crippen LogP contribution in [0.3, 0.4) is 0 Å². The minimum absolute atomic E-state index is 0. The summed E-state index contributed by atoms with van der Waals surface area (Å²) in [5.74, 6) is 3.97. The van der Waals surface area contributed by atoms with E-state index in [4.69, 9.17) is 18.7 Å². The summed E-state index contributed by atoms with van der Waals surface area (Å²) >= 11 is 0. The molecule has 10 heteroatoms. The van der Waals surface area contributed by atoms with Crippen LogP contribution in [0.15, 0.2) is 27.7 Å². The van der Waals surface area contributed by atoms with Crippen molar-refractivity contribution in [3.8, 4) is 17.2 Å². The highest BCUT2D eigenvalue weighted by Crippen LogP contribution is 2.34. The number of hydrogen-bond acceptors (Lipinski definition) is 7. The number of aliphatic imine (C=N–C) groups is 1. The number of nitrogens with one attached hydrogen (secondary N) is 1. The molecule has 32 heavy (non-hydrogen) atoms. The summed E-state index contributed by atoms with van der Waals surface area (Å²) in [4.78, 5) is 9.14. The molecule has 0 bridgehead atoms. The van der Waals surface area contributed by atoms with Gasteiger partial charge in [-0.2, -0.15) is 0 Å². The largest absolute Gasteiger partial charge is 0.496 e. The molecule has 2 aromatic rings. The van der Waals surface area contributed by atoms with Crippen molar-refractivity contribution in [3.05, 3.63) is 35.2 Å². The van der Waals surface area contributed by atoms with Gasteiger partial charge in [-0.05, 0) is 13.3 Å². The number of aromatic nitrogens is 1. The lowest BCUT2D eigenvalue weighted by Crippen LogP contribution is -2.52. The van der Waals surface area contributed by atoms with Gasteiger partial charge in [0.25, 0.3) is 0 Å². The van der Waals surface area contributed by atoms with Crippen molar-refractivity contribution < 1.29 is 18.7 Å². The van der Waals surface area contributed by atoms with Crippen molar-refractivity contribution in [2.45, 2.75) is 19.9 Å². The highest BCUT2D eigenvalue weighted by atomic mass is 127. The van der Waals surface area contributed by atoms with Crippen LogP contribution in [-0.4, -0.2) is 82.0 Å². The molecule has 1 N–H and O–H groups in total. The van der Waals surface area contributed by atoms with E-state index in [1.165, 1.54) is 0 Å². The van der Waals surface area contributed by atoms with Crippen LogP contribution >= 0.6 is 24.0 Å². The molecule has 1 aromatic heterocycles. The van der Waals surface area contributed by atoms with Crippen molar-refractivity contribution in [1.82, 2.24) is 20.3 Å². The molecule has 1 fully saturated rings. The van der Waals surface area contributed by atoms with Crippen LogP contribution in [0.25, 0.3) is 0 Å².